The Bertz CT molecular complexity index is 882. The average Bonchev–Trinajstić information content (AvgIpc) is 2.73. The van der Waals surface area contributed by atoms with E-state index in [2.05, 4.69) is 30.0 Å². The summed E-state index contributed by atoms with van der Waals surface area (Å²) < 4.78 is 0. The van der Waals surface area contributed by atoms with Crippen molar-refractivity contribution in [1.29, 1.82) is 21.2 Å². The van der Waals surface area contributed by atoms with Gasteiger partial charge in [-0.15, -0.1) is 11.8 Å². The molecular weight excluding hydrogens is 354 g/mol. The Hall–Kier alpha value is -2.59. The van der Waals surface area contributed by atoms with E-state index < -0.39 is 17.3 Å². The molecule has 1 aliphatic heterocycles. The number of hydrogen-bond acceptors (Lipinski definition) is 6. The molecule has 1 saturated carbocycles. The van der Waals surface area contributed by atoms with Gasteiger partial charge in [-0.2, -0.15) is 15.8 Å². The van der Waals surface area contributed by atoms with Crippen LogP contribution in [0, 0.1) is 56.7 Å². The van der Waals surface area contributed by atoms with E-state index >= 15 is 0 Å². The maximum atomic E-state index is 10.0. The Balaban J connectivity index is 2.21. The van der Waals surface area contributed by atoms with E-state index in [0.29, 0.717) is 6.54 Å². The maximum Gasteiger partial charge on any atom is 0.189 e. The van der Waals surface area contributed by atoms with Gasteiger partial charge in [0.25, 0.3) is 0 Å². The van der Waals surface area contributed by atoms with Crippen LogP contribution >= 0.6 is 11.8 Å². The molecule has 1 aliphatic carbocycles. The second kappa shape index (κ2) is 7.57. The SMILES string of the molecule is CCN1CC=C2C(C#N)C(=N)C(C#N)(C#N)[C@H](c3ccc(SC)cc3)[C@@H]2C1. The number of nitrogens with one attached hydrogen (secondary N) is 1. The van der Waals surface area contributed by atoms with Gasteiger partial charge in [-0.05, 0) is 36.1 Å². The third-order valence-electron chi connectivity index (χ3n) is 5.79. The predicted molar refractivity (Wildman–Crippen MR) is 105 cm³/mol. The smallest absolute Gasteiger partial charge is 0.189 e. The van der Waals surface area contributed by atoms with Crippen LogP contribution in [0.4, 0.5) is 0 Å². The van der Waals surface area contributed by atoms with Crippen molar-refractivity contribution in [2.75, 3.05) is 25.9 Å². The lowest BCUT2D eigenvalue weighted by molar-refractivity contribution is 0.212. The van der Waals surface area contributed by atoms with Gasteiger partial charge in [0.2, 0.25) is 0 Å². The number of nitrogens with zero attached hydrogens (tertiary/aromatic N) is 4. The van der Waals surface area contributed by atoms with Gasteiger partial charge in [0, 0.05) is 29.8 Å². The first-order chi connectivity index (χ1) is 13.1. The van der Waals surface area contributed by atoms with Crippen LogP contribution in [-0.4, -0.2) is 36.5 Å². The Morgan fingerprint density at radius 3 is 2.41 bits per heavy atom. The van der Waals surface area contributed by atoms with Crippen molar-refractivity contribution in [2.24, 2.45) is 17.3 Å². The third kappa shape index (κ3) is 2.94. The molecule has 5 nitrogen and oxygen atoms in total. The summed E-state index contributed by atoms with van der Waals surface area (Å²) in [5.74, 6) is -1.38. The summed E-state index contributed by atoms with van der Waals surface area (Å²) in [6.45, 7) is 4.36. The topological polar surface area (TPSA) is 98.5 Å². The number of thioether (sulfide) groups is 1. The Morgan fingerprint density at radius 2 is 1.89 bits per heavy atom. The normalized spacial score (nSPS) is 26.9. The quantitative estimate of drug-likeness (QED) is 0.643. The minimum Gasteiger partial charge on any atom is -0.305 e. The van der Waals surface area contributed by atoms with E-state index in [9.17, 15) is 15.8 Å². The van der Waals surface area contributed by atoms with E-state index in [0.717, 1.165) is 29.1 Å². The highest BCUT2D eigenvalue weighted by Crippen LogP contribution is 2.53. The monoisotopic (exact) mass is 375 g/mol. The predicted octanol–water partition coefficient (Wildman–Crippen LogP) is 3.58. The average molecular weight is 376 g/mol. The van der Waals surface area contributed by atoms with Gasteiger partial charge in [-0.1, -0.05) is 25.1 Å². The van der Waals surface area contributed by atoms with Gasteiger partial charge in [0.05, 0.1) is 23.9 Å². The molecule has 0 aromatic heterocycles. The van der Waals surface area contributed by atoms with Gasteiger partial charge in [0.1, 0.15) is 5.92 Å². The van der Waals surface area contributed by atoms with Crippen LogP contribution < -0.4 is 0 Å². The molecule has 1 fully saturated rings. The van der Waals surface area contributed by atoms with E-state index in [1.54, 1.807) is 11.8 Å². The van der Waals surface area contributed by atoms with Gasteiger partial charge in [-0.25, -0.2) is 0 Å². The number of rotatable bonds is 3. The minimum atomic E-state index is -1.62. The fourth-order valence-corrected chi connectivity index (χ4v) is 4.72. The first kappa shape index (κ1) is 19.2. The van der Waals surface area contributed by atoms with Crippen LogP contribution in [0.15, 0.2) is 40.8 Å². The standard InChI is InChI=1S/C21H21N5S/c1-3-26-9-8-16-17(10-22)20(25)21(12-23,13-24)19(18(16)11-26)14-4-6-15(27-2)7-5-14/h4-8,17-19,25H,3,9,11H2,1-2H3/t17?,18-,19-/m1/s1. The van der Waals surface area contributed by atoms with E-state index in [1.807, 2.05) is 36.6 Å². The van der Waals surface area contributed by atoms with Crippen molar-refractivity contribution < 1.29 is 0 Å². The molecule has 3 atom stereocenters. The Kier molecular flexibility index (Phi) is 5.38. The first-order valence-corrected chi connectivity index (χ1v) is 10.2. The maximum absolute atomic E-state index is 10.0. The van der Waals surface area contributed by atoms with Crippen LogP contribution in [0.3, 0.4) is 0 Å². The second-order valence-corrected chi connectivity index (χ2v) is 7.80. The van der Waals surface area contributed by atoms with Gasteiger partial charge in [0.15, 0.2) is 5.41 Å². The van der Waals surface area contributed by atoms with E-state index in [1.165, 1.54) is 0 Å². The summed E-state index contributed by atoms with van der Waals surface area (Å²) in [5, 5.41) is 38.3. The molecule has 6 heteroatoms. The van der Waals surface area contributed by atoms with Crippen molar-refractivity contribution in [3.05, 3.63) is 41.5 Å². The molecule has 3 rings (SSSR count). The zero-order valence-electron chi connectivity index (χ0n) is 15.4. The van der Waals surface area contributed by atoms with Crippen molar-refractivity contribution in [3.63, 3.8) is 0 Å². The highest BCUT2D eigenvalue weighted by molar-refractivity contribution is 7.98. The lowest BCUT2D eigenvalue weighted by Gasteiger charge is -2.47. The molecule has 1 heterocycles. The molecule has 0 spiro atoms. The molecule has 27 heavy (non-hydrogen) atoms. The van der Waals surface area contributed by atoms with Gasteiger partial charge < -0.3 is 5.41 Å². The summed E-state index contributed by atoms with van der Waals surface area (Å²) in [6, 6.07) is 14.4. The molecule has 0 radical (unpaired) electrons. The Morgan fingerprint density at radius 1 is 1.22 bits per heavy atom. The van der Waals surface area contributed by atoms with Crippen LogP contribution in [0.1, 0.15) is 18.4 Å². The van der Waals surface area contributed by atoms with Crippen LogP contribution in [-0.2, 0) is 0 Å². The summed E-state index contributed by atoms with van der Waals surface area (Å²) in [6.07, 6.45) is 4.03. The minimum absolute atomic E-state index is 0.0820. The van der Waals surface area contributed by atoms with Crippen molar-refractivity contribution in [2.45, 2.75) is 17.7 Å². The summed E-state index contributed by atoms with van der Waals surface area (Å²) in [7, 11) is 0. The first-order valence-electron chi connectivity index (χ1n) is 8.93. The molecule has 1 unspecified atom stereocenters. The fourth-order valence-electron chi connectivity index (χ4n) is 4.31. The number of fused-ring (bicyclic) bond motifs is 1. The van der Waals surface area contributed by atoms with Crippen LogP contribution in [0.2, 0.25) is 0 Å². The summed E-state index contributed by atoms with van der Waals surface area (Å²) >= 11 is 1.63. The molecular formula is C21H21N5S. The van der Waals surface area contributed by atoms with Crippen molar-refractivity contribution in [1.82, 2.24) is 4.90 Å². The largest absolute Gasteiger partial charge is 0.305 e. The highest BCUT2D eigenvalue weighted by atomic mass is 32.2. The molecule has 0 bridgehead atoms. The zero-order valence-corrected chi connectivity index (χ0v) is 16.3. The molecule has 1 aromatic carbocycles. The molecule has 136 valence electrons. The third-order valence-corrected chi connectivity index (χ3v) is 6.53. The van der Waals surface area contributed by atoms with Crippen LogP contribution in [0.25, 0.3) is 0 Å². The van der Waals surface area contributed by atoms with Crippen LogP contribution in [0.5, 0.6) is 0 Å². The number of hydrogen-bond donors (Lipinski definition) is 1. The lowest BCUT2D eigenvalue weighted by atomic mass is 9.54. The molecule has 1 N–H and O–H groups in total. The van der Waals surface area contributed by atoms with E-state index in [4.69, 9.17) is 5.41 Å². The molecule has 0 saturated heterocycles. The summed E-state index contributed by atoms with van der Waals surface area (Å²) in [5.41, 5.74) is 0.0691. The zero-order chi connectivity index (χ0) is 19.6. The number of likely N-dealkylation sites (N-methyl/N-ethyl adjacent to an activating group) is 1. The van der Waals surface area contributed by atoms with Gasteiger partial charge in [-0.3, -0.25) is 4.90 Å². The number of benzene rings is 1. The van der Waals surface area contributed by atoms with E-state index in [-0.39, 0.29) is 11.6 Å². The highest BCUT2D eigenvalue weighted by Gasteiger charge is 2.57. The molecule has 0 amide bonds. The summed E-state index contributed by atoms with van der Waals surface area (Å²) in [4.78, 5) is 3.36. The van der Waals surface area contributed by atoms with Crippen molar-refractivity contribution >= 4 is 17.5 Å². The van der Waals surface area contributed by atoms with Crippen molar-refractivity contribution in [3.8, 4) is 18.2 Å². The Labute approximate surface area is 164 Å². The molecule has 2 aliphatic rings. The lowest BCUT2D eigenvalue weighted by Crippen LogP contribution is -2.52. The van der Waals surface area contributed by atoms with Gasteiger partial charge >= 0.3 is 0 Å². The second-order valence-electron chi connectivity index (χ2n) is 6.92. The fraction of sp³-hybridized carbons (Fsp3) is 0.429. The number of nitriles is 3. The molecule has 1 aromatic rings.